The van der Waals surface area contributed by atoms with Crippen LogP contribution in [0.2, 0.25) is 0 Å². The van der Waals surface area contributed by atoms with Crippen molar-refractivity contribution in [3.63, 3.8) is 0 Å². The quantitative estimate of drug-likeness (QED) is 0.190. The number of fused-ring (bicyclic) bond motifs is 1. The Labute approximate surface area is 193 Å². The molecule has 7 heteroatoms. The zero-order valence-corrected chi connectivity index (χ0v) is 18.1. The number of aryl methyl sites for hydroxylation is 2. The first kappa shape index (κ1) is 23.2. The lowest BCUT2D eigenvalue weighted by Crippen LogP contribution is -1.99. The summed E-state index contributed by atoms with van der Waals surface area (Å²) >= 11 is 0. The standard InChI is InChI=1S/C27H18F5NO/c1-2-34-20-8-7-19(33-15-20)6-3-17-12-23(28)22(24(29)13-17)10-5-16-4-9-21-18(11-16)14-25(30)27(32)26(21)31/h4,7-9,11-15H,2-3,6H2,1H3. The lowest BCUT2D eigenvalue weighted by atomic mass is 10.0. The molecule has 0 spiro atoms. The number of halogens is 5. The molecule has 0 saturated carbocycles. The summed E-state index contributed by atoms with van der Waals surface area (Å²) in [5, 5.41) is -0.0319. The van der Waals surface area contributed by atoms with E-state index in [1.165, 1.54) is 30.3 Å². The van der Waals surface area contributed by atoms with Crippen LogP contribution in [-0.4, -0.2) is 11.6 Å². The Morgan fingerprint density at radius 2 is 1.56 bits per heavy atom. The summed E-state index contributed by atoms with van der Waals surface area (Å²) in [5.74, 6) is -0.152. The summed E-state index contributed by atoms with van der Waals surface area (Å²) in [7, 11) is 0. The molecule has 3 aromatic carbocycles. The fourth-order valence-electron chi connectivity index (χ4n) is 3.49. The van der Waals surface area contributed by atoms with E-state index in [0.29, 0.717) is 30.8 Å². The number of benzene rings is 3. The summed E-state index contributed by atoms with van der Waals surface area (Å²) < 4.78 is 75.2. The molecule has 0 fully saturated rings. The van der Waals surface area contributed by atoms with Crippen molar-refractivity contribution in [2.75, 3.05) is 6.61 Å². The van der Waals surface area contributed by atoms with E-state index in [0.717, 1.165) is 11.8 Å². The normalized spacial score (nSPS) is 10.8. The van der Waals surface area contributed by atoms with Crippen LogP contribution in [0.15, 0.2) is 54.7 Å². The molecule has 34 heavy (non-hydrogen) atoms. The Morgan fingerprint density at radius 1 is 0.794 bits per heavy atom. The van der Waals surface area contributed by atoms with E-state index in [4.69, 9.17) is 4.74 Å². The van der Waals surface area contributed by atoms with Crippen LogP contribution in [0.5, 0.6) is 5.75 Å². The zero-order valence-electron chi connectivity index (χ0n) is 18.1. The number of rotatable bonds is 5. The zero-order chi connectivity index (χ0) is 24.2. The second-order valence-electron chi connectivity index (χ2n) is 7.52. The number of hydrogen-bond acceptors (Lipinski definition) is 2. The molecule has 4 rings (SSSR count). The number of hydrogen-bond donors (Lipinski definition) is 0. The third-order valence-corrected chi connectivity index (χ3v) is 5.18. The van der Waals surface area contributed by atoms with Gasteiger partial charge in [0, 0.05) is 16.6 Å². The van der Waals surface area contributed by atoms with Crippen LogP contribution in [0.1, 0.15) is 29.3 Å². The minimum atomic E-state index is -1.56. The van der Waals surface area contributed by atoms with Gasteiger partial charge in [-0.2, -0.15) is 0 Å². The van der Waals surface area contributed by atoms with Crippen molar-refractivity contribution in [1.29, 1.82) is 0 Å². The van der Waals surface area contributed by atoms with Gasteiger partial charge in [0.1, 0.15) is 17.4 Å². The van der Waals surface area contributed by atoms with Crippen LogP contribution < -0.4 is 4.74 Å². The van der Waals surface area contributed by atoms with Crippen molar-refractivity contribution in [2.45, 2.75) is 19.8 Å². The minimum absolute atomic E-state index is 0.0855. The molecule has 2 nitrogen and oxygen atoms in total. The molecule has 0 aliphatic heterocycles. The molecule has 0 aliphatic rings. The van der Waals surface area contributed by atoms with Crippen LogP contribution in [0.25, 0.3) is 10.8 Å². The largest absolute Gasteiger partial charge is 0.492 e. The molecular formula is C27H18F5NO. The number of ether oxygens (including phenoxy) is 1. The van der Waals surface area contributed by atoms with E-state index >= 15 is 0 Å². The van der Waals surface area contributed by atoms with E-state index in [-0.39, 0.29) is 16.3 Å². The van der Waals surface area contributed by atoms with Gasteiger partial charge in [-0.1, -0.05) is 17.9 Å². The van der Waals surface area contributed by atoms with Gasteiger partial charge in [-0.05, 0) is 73.2 Å². The molecule has 0 unspecified atom stereocenters. The molecule has 1 aromatic heterocycles. The van der Waals surface area contributed by atoms with Crippen molar-refractivity contribution in [3.05, 3.63) is 106 Å². The number of aromatic nitrogens is 1. The predicted octanol–water partition coefficient (Wildman–Crippen LogP) is 6.51. The van der Waals surface area contributed by atoms with Gasteiger partial charge in [0.15, 0.2) is 17.5 Å². The van der Waals surface area contributed by atoms with Gasteiger partial charge in [0.05, 0.1) is 18.4 Å². The van der Waals surface area contributed by atoms with Crippen molar-refractivity contribution in [3.8, 4) is 17.6 Å². The fraction of sp³-hybridized carbons (Fsp3) is 0.148. The predicted molar refractivity (Wildman–Crippen MR) is 119 cm³/mol. The molecule has 0 atom stereocenters. The minimum Gasteiger partial charge on any atom is -0.492 e. The first-order valence-corrected chi connectivity index (χ1v) is 10.5. The molecule has 172 valence electrons. The lowest BCUT2D eigenvalue weighted by Gasteiger charge is -2.06. The van der Waals surface area contributed by atoms with Crippen molar-refractivity contribution in [1.82, 2.24) is 4.98 Å². The van der Waals surface area contributed by atoms with Crippen LogP contribution in [0.4, 0.5) is 22.0 Å². The Morgan fingerprint density at radius 3 is 2.24 bits per heavy atom. The van der Waals surface area contributed by atoms with E-state index in [9.17, 15) is 22.0 Å². The van der Waals surface area contributed by atoms with E-state index in [1.807, 2.05) is 6.92 Å². The topological polar surface area (TPSA) is 22.1 Å². The van der Waals surface area contributed by atoms with Gasteiger partial charge in [-0.25, -0.2) is 22.0 Å². The second-order valence-corrected chi connectivity index (χ2v) is 7.52. The maximum absolute atomic E-state index is 14.6. The fourth-order valence-corrected chi connectivity index (χ4v) is 3.49. The summed E-state index contributed by atoms with van der Waals surface area (Å²) in [4.78, 5) is 4.27. The Balaban J connectivity index is 1.52. The molecule has 0 amide bonds. The number of pyridine rings is 1. The monoisotopic (exact) mass is 467 g/mol. The first-order valence-electron chi connectivity index (χ1n) is 10.5. The van der Waals surface area contributed by atoms with Gasteiger partial charge in [0.25, 0.3) is 0 Å². The van der Waals surface area contributed by atoms with Gasteiger partial charge < -0.3 is 4.74 Å². The van der Waals surface area contributed by atoms with Gasteiger partial charge in [0.2, 0.25) is 0 Å². The average molecular weight is 467 g/mol. The van der Waals surface area contributed by atoms with Gasteiger partial charge in [-0.15, -0.1) is 0 Å². The highest BCUT2D eigenvalue weighted by molar-refractivity contribution is 5.84. The van der Waals surface area contributed by atoms with Crippen LogP contribution in [0.3, 0.4) is 0 Å². The second kappa shape index (κ2) is 9.92. The molecule has 0 N–H and O–H groups in total. The van der Waals surface area contributed by atoms with Gasteiger partial charge >= 0.3 is 0 Å². The molecular weight excluding hydrogens is 449 g/mol. The summed E-state index contributed by atoms with van der Waals surface area (Å²) in [6.45, 7) is 2.41. The average Bonchev–Trinajstić information content (AvgIpc) is 2.82. The molecule has 0 saturated heterocycles. The highest BCUT2D eigenvalue weighted by atomic mass is 19.2. The first-order chi connectivity index (χ1) is 16.4. The third kappa shape index (κ3) is 5.01. The van der Waals surface area contributed by atoms with Crippen molar-refractivity contribution in [2.24, 2.45) is 0 Å². The Kier molecular flexibility index (Phi) is 6.78. The van der Waals surface area contributed by atoms with Crippen molar-refractivity contribution < 1.29 is 26.7 Å². The SMILES string of the molecule is CCOc1ccc(CCc2cc(F)c(C#Cc3ccc4c(F)c(F)c(F)cc4c3)c(F)c2)nc1. The third-order valence-electron chi connectivity index (χ3n) is 5.18. The lowest BCUT2D eigenvalue weighted by molar-refractivity contribution is 0.338. The highest BCUT2D eigenvalue weighted by Gasteiger charge is 2.14. The smallest absolute Gasteiger partial charge is 0.195 e. The summed E-state index contributed by atoms with van der Waals surface area (Å²) in [5.41, 5.74) is 1.06. The Bertz CT molecular complexity index is 1400. The molecule has 4 aromatic rings. The van der Waals surface area contributed by atoms with E-state index < -0.39 is 34.6 Å². The summed E-state index contributed by atoms with van der Waals surface area (Å²) in [6, 6.07) is 10.8. The molecule has 0 aliphatic carbocycles. The molecule has 0 radical (unpaired) electrons. The highest BCUT2D eigenvalue weighted by Crippen LogP contribution is 2.24. The van der Waals surface area contributed by atoms with E-state index in [2.05, 4.69) is 16.8 Å². The maximum Gasteiger partial charge on any atom is 0.195 e. The Hall–Kier alpha value is -3.92. The summed E-state index contributed by atoms with van der Waals surface area (Å²) in [6.07, 6.45) is 2.47. The van der Waals surface area contributed by atoms with E-state index in [1.54, 1.807) is 18.3 Å². The molecule has 0 bridgehead atoms. The van der Waals surface area contributed by atoms with Crippen LogP contribution >= 0.6 is 0 Å². The number of nitrogens with zero attached hydrogens (tertiary/aromatic N) is 1. The van der Waals surface area contributed by atoms with Crippen LogP contribution in [-0.2, 0) is 12.8 Å². The molecule has 1 heterocycles. The van der Waals surface area contributed by atoms with Crippen molar-refractivity contribution >= 4 is 10.8 Å². The van der Waals surface area contributed by atoms with Gasteiger partial charge in [-0.3, -0.25) is 4.98 Å². The maximum atomic E-state index is 14.6. The van der Waals surface area contributed by atoms with Crippen LogP contribution in [0, 0.1) is 40.9 Å².